The number of nitrogens with two attached hydrogens (primary N) is 1. The fourth-order valence-corrected chi connectivity index (χ4v) is 3.99. The predicted octanol–water partition coefficient (Wildman–Crippen LogP) is 2.58. The monoisotopic (exact) mass is 329 g/mol. The lowest BCUT2D eigenvalue weighted by Crippen LogP contribution is -2.39. The fourth-order valence-electron chi connectivity index (χ4n) is 3.99. The molecule has 24 heavy (non-hydrogen) atoms. The van der Waals surface area contributed by atoms with E-state index < -0.39 is 5.91 Å². The van der Waals surface area contributed by atoms with Crippen molar-refractivity contribution in [2.45, 2.75) is 51.9 Å². The van der Waals surface area contributed by atoms with Crippen molar-refractivity contribution >= 4 is 17.5 Å². The van der Waals surface area contributed by atoms with Crippen LogP contribution in [-0.2, 0) is 9.59 Å². The number of hydrogen-bond donors (Lipinski definition) is 1. The lowest BCUT2D eigenvalue weighted by atomic mass is 9.90. The second kappa shape index (κ2) is 7.32. The zero-order chi connectivity index (χ0) is 17.1. The molecule has 0 aromatic carbocycles. The van der Waals surface area contributed by atoms with Gasteiger partial charge in [-0.2, -0.15) is 0 Å². The molecule has 2 N–H and O–H groups in total. The van der Waals surface area contributed by atoms with Crippen molar-refractivity contribution in [3.63, 3.8) is 0 Å². The molecule has 1 aliphatic carbocycles. The Morgan fingerprint density at radius 3 is 2.79 bits per heavy atom. The molecule has 5 heteroatoms. The lowest BCUT2D eigenvalue weighted by molar-refractivity contribution is -0.132. The molecule has 2 heterocycles. The Morgan fingerprint density at radius 2 is 2.08 bits per heavy atom. The minimum atomic E-state index is -0.493. The van der Waals surface area contributed by atoms with Gasteiger partial charge in [0.25, 0.3) is 5.91 Å². The van der Waals surface area contributed by atoms with Crippen LogP contribution in [-0.4, -0.2) is 35.5 Å². The highest BCUT2D eigenvalue weighted by Crippen LogP contribution is 2.31. The predicted molar refractivity (Wildman–Crippen MR) is 94.3 cm³/mol. The van der Waals surface area contributed by atoms with Crippen LogP contribution in [0.15, 0.2) is 28.4 Å². The van der Waals surface area contributed by atoms with Gasteiger partial charge in [-0.1, -0.05) is 25.8 Å². The van der Waals surface area contributed by atoms with E-state index in [4.69, 9.17) is 5.73 Å². The van der Waals surface area contributed by atoms with E-state index in [9.17, 15) is 9.59 Å². The normalized spacial score (nSPS) is 25.1. The van der Waals surface area contributed by atoms with Crippen LogP contribution in [0.1, 0.15) is 51.9 Å². The average molecular weight is 329 g/mol. The van der Waals surface area contributed by atoms with Crippen molar-refractivity contribution in [1.29, 1.82) is 0 Å². The van der Waals surface area contributed by atoms with Gasteiger partial charge in [0, 0.05) is 31.6 Å². The van der Waals surface area contributed by atoms with Crippen LogP contribution in [0, 0.1) is 11.8 Å². The Balaban J connectivity index is 1.75. The van der Waals surface area contributed by atoms with E-state index in [1.807, 2.05) is 11.0 Å². The van der Waals surface area contributed by atoms with Gasteiger partial charge < -0.3 is 10.6 Å². The molecule has 0 radical (unpaired) electrons. The van der Waals surface area contributed by atoms with Gasteiger partial charge in [0.1, 0.15) is 5.71 Å². The summed E-state index contributed by atoms with van der Waals surface area (Å²) in [4.78, 5) is 30.6. The van der Waals surface area contributed by atoms with E-state index >= 15 is 0 Å². The molecule has 1 atom stereocenters. The largest absolute Gasteiger partial charge is 0.364 e. The van der Waals surface area contributed by atoms with E-state index in [-0.39, 0.29) is 5.91 Å². The van der Waals surface area contributed by atoms with Gasteiger partial charge >= 0.3 is 0 Å². The molecule has 0 aromatic heterocycles. The van der Waals surface area contributed by atoms with Gasteiger partial charge in [-0.3, -0.25) is 9.59 Å². The minimum Gasteiger partial charge on any atom is -0.364 e. The number of carbonyl (C=O) groups is 2. The molecule has 1 fully saturated rings. The Bertz CT molecular complexity index is 612. The molecule has 1 saturated carbocycles. The summed E-state index contributed by atoms with van der Waals surface area (Å²) < 4.78 is 0. The SMILES string of the molecule is CC1CC=CC(C(N)=O)=NC2=C1CN(C(=O)CC1CCCC1)CC2. The van der Waals surface area contributed by atoms with Crippen LogP contribution in [0.2, 0.25) is 0 Å². The maximum atomic E-state index is 12.6. The van der Waals surface area contributed by atoms with Crippen molar-refractivity contribution in [1.82, 2.24) is 4.90 Å². The molecule has 0 saturated heterocycles. The Morgan fingerprint density at radius 1 is 1.33 bits per heavy atom. The van der Waals surface area contributed by atoms with Crippen LogP contribution in [0.3, 0.4) is 0 Å². The van der Waals surface area contributed by atoms with Crippen molar-refractivity contribution in [3.05, 3.63) is 23.4 Å². The van der Waals surface area contributed by atoms with Gasteiger partial charge in [0.05, 0.1) is 0 Å². The summed E-state index contributed by atoms with van der Waals surface area (Å²) in [6, 6.07) is 0. The first-order chi connectivity index (χ1) is 11.5. The zero-order valence-corrected chi connectivity index (χ0v) is 14.5. The molecule has 0 spiro atoms. The average Bonchev–Trinajstić information content (AvgIpc) is 3.04. The van der Waals surface area contributed by atoms with Crippen molar-refractivity contribution in [2.75, 3.05) is 13.1 Å². The molecule has 1 unspecified atom stereocenters. The van der Waals surface area contributed by atoms with Gasteiger partial charge in [0.2, 0.25) is 5.91 Å². The van der Waals surface area contributed by atoms with Crippen LogP contribution in [0.4, 0.5) is 0 Å². The third-order valence-corrected chi connectivity index (χ3v) is 5.51. The molecule has 5 nitrogen and oxygen atoms in total. The number of rotatable bonds is 3. The zero-order valence-electron chi connectivity index (χ0n) is 14.5. The number of allylic oxidation sites excluding steroid dienone is 1. The maximum absolute atomic E-state index is 12.6. The number of nitrogens with zero attached hydrogens (tertiary/aromatic N) is 2. The van der Waals surface area contributed by atoms with E-state index in [0.29, 0.717) is 43.5 Å². The number of hydrogen-bond acceptors (Lipinski definition) is 3. The smallest absolute Gasteiger partial charge is 0.267 e. The van der Waals surface area contributed by atoms with Crippen LogP contribution >= 0.6 is 0 Å². The van der Waals surface area contributed by atoms with Crippen molar-refractivity contribution in [3.8, 4) is 0 Å². The summed E-state index contributed by atoms with van der Waals surface area (Å²) in [5.41, 5.74) is 7.86. The highest BCUT2D eigenvalue weighted by Gasteiger charge is 2.28. The Kier molecular flexibility index (Phi) is 5.17. The van der Waals surface area contributed by atoms with E-state index in [1.165, 1.54) is 31.3 Å². The Hall–Kier alpha value is -1.91. The van der Waals surface area contributed by atoms with Gasteiger partial charge in [-0.15, -0.1) is 0 Å². The van der Waals surface area contributed by atoms with Crippen LogP contribution in [0.25, 0.3) is 0 Å². The third kappa shape index (κ3) is 3.77. The van der Waals surface area contributed by atoms with Crippen LogP contribution < -0.4 is 5.73 Å². The van der Waals surface area contributed by atoms with Gasteiger partial charge in [-0.05, 0) is 42.7 Å². The van der Waals surface area contributed by atoms with Crippen molar-refractivity contribution < 1.29 is 9.59 Å². The number of primary amides is 1. The fraction of sp³-hybridized carbons (Fsp3) is 0.632. The van der Waals surface area contributed by atoms with Gasteiger partial charge in [-0.25, -0.2) is 4.99 Å². The summed E-state index contributed by atoms with van der Waals surface area (Å²) in [6.07, 6.45) is 10.8. The maximum Gasteiger partial charge on any atom is 0.267 e. The minimum absolute atomic E-state index is 0.275. The highest BCUT2D eigenvalue weighted by atomic mass is 16.2. The second-order valence-corrected chi connectivity index (χ2v) is 7.29. The first-order valence-corrected chi connectivity index (χ1v) is 9.09. The molecule has 2 amide bonds. The molecular formula is C19H27N3O2. The molecule has 0 bridgehead atoms. The molecular weight excluding hydrogens is 302 g/mol. The molecule has 2 aliphatic heterocycles. The summed E-state index contributed by atoms with van der Waals surface area (Å²) >= 11 is 0. The number of aliphatic imine (C=N–C) groups is 1. The molecule has 3 aliphatic rings. The van der Waals surface area contributed by atoms with Gasteiger partial charge in [0.15, 0.2) is 0 Å². The summed E-state index contributed by atoms with van der Waals surface area (Å²) in [5.74, 6) is 0.686. The molecule has 3 rings (SSSR count). The first-order valence-electron chi connectivity index (χ1n) is 9.09. The second-order valence-electron chi connectivity index (χ2n) is 7.29. The highest BCUT2D eigenvalue weighted by molar-refractivity contribution is 6.43. The molecule has 0 aromatic rings. The number of amides is 2. The van der Waals surface area contributed by atoms with E-state index in [1.54, 1.807) is 6.08 Å². The lowest BCUT2D eigenvalue weighted by Gasteiger charge is -2.33. The third-order valence-electron chi connectivity index (χ3n) is 5.51. The summed E-state index contributed by atoms with van der Waals surface area (Å²) in [5, 5.41) is 0. The van der Waals surface area contributed by atoms with Crippen LogP contribution in [0.5, 0.6) is 0 Å². The quantitative estimate of drug-likeness (QED) is 0.864. The van der Waals surface area contributed by atoms with E-state index in [0.717, 1.165) is 12.1 Å². The van der Waals surface area contributed by atoms with Crippen molar-refractivity contribution in [2.24, 2.45) is 22.6 Å². The van der Waals surface area contributed by atoms with E-state index in [2.05, 4.69) is 11.9 Å². The number of carbonyl (C=O) groups excluding carboxylic acids is 2. The topological polar surface area (TPSA) is 75.8 Å². The first kappa shape index (κ1) is 16.9. The molecule has 130 valence electrons. The Labute approximate surface area is 143 Å². The summed E-state index contributed by atoms with van der Waals surface area (Å²) in [7, 11) is 0. The summed E-state index contributed by atoms with van der Waals surface area (Å²) in [6.45, 7) is 3.50. The standard InChI is InChI=1S/C19H27N3O2/c1-13-5-4-8-17(19(20)24)21-16-9-10-22(12-15(13)16)18(23)11-14-6-2-3-7-14/h4,8,13-14H,2-3,5-7,9-12H2,1H3,(H2,20,24).